The smallest absolute Gasteiger partial charge is 0.315 e. The van der Waals surface area contributed by atoms with Crippen molar-refractivity contribution in [3.05, 3.63) is 70.8 Å². The number of nitrogens with zero attached hydrogens (tertiary/aromatic N) is 2. The summed E-state index contributed by atoms with van der Waals surface area (Å²) in [6, 6.07) is 13.9. The number of nitrogens with one attached hydrogen (secondary N) is 1. The van der Waals surface area contributed by atoms with E-state index in [4.69, 9.17) is 0 Å². The molecule has 2 aromatic rings. The van der Waals surface area contributed by atoms with Gasteiger partial charge in [-0.25, -0.2) is 9.69 Å². The van der Waals surface area contributed by atoms with Crippen molar-refractivity contribution in [1.29, 1.82) is 0 Å². The predicted octanol–water partition coefficient (Wildman–Crippen LogP) is 4.33. The van der Waals surface area contributed by atoms with Crippen LogP contribution in [-0.2, 0) is 10.3 Å². The van der Waals surface area contributed by atoms with Crippen LogP contribution in [0.15, 0.2) is 48.5 Å². The summed E-state index contributed by atoms with van der Waals surface area (Å²) in [4.78, 5) is 29.4. The van der Waals surface area contributed by atoms with Gasteiger partial charge in [0, 0.05) is 6.54 Å². The molecule has 2 atom stereocenters. The van der Waals surface area contributed by atoms with Gasteiger partial charge in [-0.3, -0.25) is 9.69 Å². The molecule has 1 N–H and O–H groups in total. The summed E-state index contributed by atoms with van der Waals surface area (Å²) in [7, 11) is 0. The van der Waals surface area contributed by atoms with Crippen molar-refractivity contribution in [2.75, 3.05) is 19.8 Å². The van der Waals surface area contributed by atoms with Gasteiger partial charge in [-0.1, -0.05) is 48.5 Å². The highest BCUT2D eigenvalue weighted by molar-refractivity contribution is 6.09. The van der Waals surface area contributed by atoms with E-state index >= 15 is 0 Å². The summed E-state index contributed by atoms with van der Waals surface area (Å²) in [6.45, 7) is 3.91. The topological polar surface area (TPSA) is 52.7 Å². The van der Waals surface area contributed by atoms with E-state index in [0.717, 1.165) is 16.0 Å². The van der Waals surface area contributed by atoms with Crippen LogP contribution in [0.5, 0.6) is 0 Å². The largest absolute Gasteiger partial charge is 0.393 e. The number of benzene rings is 2. The lowest BCUT2D eigenvalue weighted by Crippen LogP contribution is -2.49. The van der Waals surface area contributed by atoms with E-state index in [1.165, 1.54) is 0 Å². The van der Waals surface area contributed by atoms with E-state index in [1.807, 2.05) is 38.1 Å². The van der Waals surface area contributed by atoms with Gasteiger partial charge in [-0.15, -0.1) is 0 Å². The first-order valence-corrected chi connectivity index (χ1v) is 10.7. The van der Waals surface area contributed by atoms with Gasteiger partial charge < -0.3 is 5.32 Å². The van der Waals surface area contributed by atoms with Crippen LogP contribution in [0.3, 0.4) is 0 Å². The Morgan fingerprint density at radius 3 is 2.41 bits per heavy atom. The number of amides is 3. The fraction of sp³-hybridized carbons (Fsp3) is 0.417. The summed E-state index contributed by atoms with van der Waals surface area (Å²) >= 11 is 0. The molecule has 2 unspecified atom stereocenters. The molecule has 170 valence electrons. The van der Waals surface area contributed by atoms with Crippen LogP contribution < -0.4 is 5.32 Å². The minimum absolute atomic E-state index is 0.0662. The number of imide groups is 1. The molecule has 0 saturated carbocycles. The molecule has 2 heterocycles. The lowest BCUT2D eigenvalue weighted by Gasteiger charge is -2.35. The average Bonchev–Trinajstić information content (AvgIpc) is 3.01. The van der Waals surface area contributed by atoms with Gasteiger partial charge in [0.25, 0.3) is 5.91 Å². The van der Waals surface area contributed by atoms with Gasteiger partial charge in [0.2, 0.25) is 0 Å². The molecule has 0 radical (unpaired) electrons. The standard InChI is InChI=1S/C24H26F3N3O2/c1-16-10-11-19(13-17(16)2)23(18-7-4-3-5-8-18)21(31)30(22(32)28-23)15-29-12-6-9-20(14-29)24(25,26)27/h3-5,7-8,10-11,13,20H,6,9,12,14-15H2,1-2H3,(H,28,32). The number of hydrogen-bond donors (Lipinski definition) is 1. The summed E-state index contributed by atoms with van der Waals surface area (Å²) in [5, 5.41) is 2.87. The molecule has 3 amide bonds. The van der Waals surface area contributed by atoms with Crippen molar-refractivity contribution in [2.45, 2.75) is 38.4 Å². The third-order valence-corrected chi connectivity index (χ3v) is 6.56. The van der Waals surface area contributed by atoms with Crippen LogP contribution in [0, 0.1) is 19.8 Å². The number of alkyl halides is 3. The molecule has 2 fully saturated rings. The van der Waals surface area contributed by atoms with Crippen molar-refractivity contribution in [1.82, 2.24) is 15.1 Å². The molecule has 8 heteroatoms. The minimum Gasteiger partial charge on any atom is -0.315 e. The molecule has 0 aliphatic carbocycles. The first-order valence-electron chi connectivity index (χ1n) is 10.7. The second-order valence-corrected chi connectivity index (χ2v) is 8.68. The summed E-state index contributed by atoms with van der Waals surface area (Å²) < 4.78 is 39.7. The Labute approximate surface area is 185 Å². The summed E-state index contributed by atoms with van der Waals surface area (Å²) in [6.07, 6.45) is -3.85. The minimum atomic E-state index is -4.29. The van der Waals surface area contributed by atoms with E-state index in [1.54, 1.807) is 29.2 Å². The van der Waals surface area contributed by atoms with Crippen LogP contribution >= 0.6 is 0 Å². The van der Waals surface area contributed by atoms with E-state index in [9.17, 15) is 22.8 Å². The number of carbonyl (C=O) groups is 2. The van der Waals surface area contributed by atoms with Gasteiger partial charge >= 0.3 is 12.2 Å². The number of hydrogen-bond acceptors (Lipinski definition) is 3. The number of likely N-dealkylation sites (tertiary alicyclic amines) is 1. The number of halogens is 3. The normalized spacial score (nSPS) is 24.7. The second kappa shape index (κ2) is 8.24. The zero-order chi connectivity index (χ0) is 23.1. The summed E-state index contributed by atoms with van der Waals surface area (Å²) in [5.41, 5.74) is 1.84. The predicted molar refractivity (Wildman–Crippen MR) is 114 cm³/mol. The third-order valence-electron chi connectivity index (χ3n) is 6.56. The fourth-order valence-electron chi connectivity index (χ4n) is 4.58. The Bertz CT molecular complexity index is 1020. The highest BCUT2D eigenvalue weighted by atomic mass is 19.4. The van der Waals surface area contributed by atoms with Crippen molar-refractivity contribution < 1.29 is 22.8 Å². The third kappa shape index (κ3) is 3.88. The van der Waals surface area contributed by atoms with Gasteiger partial charge in [0.15, 0.2) is 5.54 Å². The maximum atomic E-state index is 13.8. The Morgan fingerprint density at radius 2 is 1.75 bits per heavy atom. The molecule has 2 saturated heterocycles. The lowest BCUT2D eigenvalue weighted by atomic mass is 9.81. The molecule has 0 spiro atoms. The monoisotopic (exact) mass is 445 g/mol. The molecule has 32 heavy (non-hydrogen) atoms. The van der Waals surface area contributed by atoms with E-state index < -0.39 is 29.6 Å². The molecule has 0 aromatic heterocycles. The number of piperidine rings is 1. The SMILES string of the molecule is Cc1ccc(C2(c3ccccc3)NC(=O)N(CN3CCCC(C(F)(F)F)C3)C2=O)cc1C. The summed E-state index contributed by atoms with van der Waals surface area (Å²) in [5.74, 6) is -1.93. The molecular weight excluding hydrogens is 419 g/mol. The number of aryl methyl sites for hydroxylation is 2. The Morgan fingerprint density at radius 1 is 1.03 bits per heavy atom. The fourth-order valence-corrected chi connectivity index (χ4v) is 4.58. The lowest BCUT2D eigenvalue weighted by molar-refractivity contribution is -0.187. The van der Waals surface area contributed by atoms with Crippen molar-refractivity contribution in [3.63, 3.8) is 0 Å². The molecule has 5 nitrogen and oxygen atoms in total. The molecule has 4 rings (SSSR count). The van der Waals surface area contributed by atoms with E-state index in [-0.39, 0.29) is 19.6 Å². The van der Waals surface area contributed by atoms with Gasteiger partial charge in [-0.05, 0) is 55.5 Å². The van der Waals surface area contributed by atoms with Gasteiger partial charge in [0.1, 0.15) is 0 Å². The number of carbonyl (C=O) groups excluding carboxylic acids is 2. The zero-order valence-electron chi connectivity index (χ0n) is 18.1. The molecular formula is C24H26F3N3O2. The Balaban J connectivity index is 1.69. The molecule has 2 aliphatic heterocycles. The molecule has 0 bridgehead atoms. The van der Waals surface area contributed by atoms with E-state index in [2.05, 4.69) is 5.32 Å². The van der Waals surface area contributed by atoms with Gasteiger partial charge in [0.05, 0.1) is 12.6 Å². The number of rotatable bonds is 4. The Hall–Kier alpha value is -2.87. The molecule has 2 aromatic carbocycles. The first kappa shape index (κ1) is 22.3. The quantitative estimate of drug-likeness (QED) is 0.713. The van der Waals surface area contributed by atoms with Crippen LogP contribution in [0.25, 0.3) is 0 Å². The molecule has 2 aliphatic rings. The number of urea groups is 1. The Kier molecular flexibility index (Phi) is 5.75. The van der Waals surface area contributed by atoms with Gasteiger partial charge in [-0.2, -0.15) is 13.2 Å². The zero-order valence-corrected chi connectivity index (χ0v) is 18.1. The van der Waals surface area contributed by atoms with Crippen LogP contribution in [-0.4, -0.2) is 47.7 Å². The maximum absolute atomic E-state index is 13.8. The first-order chi connectivity index (χ1) is 15.1. The highest BCUT2D eigenvalue weighted by Gasteiger charge is 2.54. The second-order valence-electron chi connectivity index (χ2n) is 8.68. The van der Waals surface area contributed by atoms with Crippen LogP contribution in [0.1, 0.15) is 35.1 Å². The average molecular weight is 445 g/mol. The highest BCUT2D eigenvalue weighted by Crippen LogP contribution is 2.38. The van der Waals surface area contributed by atoms with Crippen molar-refractivity contribution in [2.24, 2.45) is 5.92 Å². The van der Waals surface area contributed by atoms with Crippen molar-refractivity contribution in [3.8, 4) is 0 Å². The van der Waals surface area contributed by atoms with Crippen molar-refractivity contribution >= 4 is 11.9 Å². The van der Waals surface area contributed by atoms with E-state index in [0.29, 0.717) is 24.1 Å². The van der Waals surface area contributed by atoms with Crippen LogP contribution in [0.4, 0.5) is 18.0 Å². The maximum Gasteiger partial charge on any atom is 0.393 e. The van der Waals surface area contributed by atoms with Crippen LogP contribution in [0.2, 0.25) is 0 Å².